The average molecular weight is 263 g/mol. The Balaban J connectivity index is 2.59. The molecule has 0 radical (unpaired) electrons. The van der Waals surface area contributed by atoms with Crippen LogP contribution in [0.2, 0.25) is 0 Å². The van der Waals surface area contributed by atoms with Gasteiger partial charge in [0.2, 0.25) is 10.0 Å². The fraction of sp³-hybridized carbons (Fsp3) is 1.00. The van der Waals surface area contributed by atoms with Gasteiger partial charge in [-0.15, -0.1) is 0 Å². The number of piperidine rings is 1. The lowest BCUT2D eigenvalue weighted by Crippen LogP contribution is -2.46. The maximum absolute atomic E-state index is 12.2. The van der Waals surface area contributed by atoms with Gasteiger partial charge in [0.25, 0.3) is 0 Å². The van der Waals surface area contributed by atoms with Crippen molar-refractivity contribution in [1.82, 2.24) is 4.31 Å². The monoisotopic (exact) mass is 263 g/mol. The maximum atomic E-state index is 12.2. The molecule has 0 aromatic rings. The molecule has 1 saturated heterocycles. The van der Waals surface area contributed by atoms with Gasteiger partial charge in [-0.05, 0) is 32.6 Å². The van der Waals surface area contributed by atoms with Crippen LogP contribution in [0.3, 0.4) is 0 Å². The zero-order valence-corrected chi connectivity index (χ0v) is 11.8. The molecule has 0 saturated carbocycles. The van der Waals surface area contributed by atoms with Gasteiger partial charge in [0.15, 0.2) is 0 Å². The van der Waals surface area contributed by atoms with E-state index in [0.29, 0.717) is 13.2 Å². The summed E-state index contributed by atoms with van der Waals surface area (Å²) in [5, 5.41) is 0. The summed E-state index contributed by atoms with van der Waals surface area (Å²) in [4.78, 5) is 0. The Labute approximate surface area is 105 Å². The Morgan fingerprint density at radius 2 is 2.00 bits per heavy atom. The van der Waals surface area contributed by atoms with E-state index in [1.807, 2.05) is 6.92 Å². The molecule has 0 spiro atoms. The van der Waals surface area contributed by atoms with Crippen molar-refractivity contribution in [3.63, 3.8) is 0 Å². The predicted octanol–water partition coefficient (Wildman–Crippen LogP) is 2.35. The van der Waals surface area contributed by atoms with Crippen molar-refractivity contribution in [1.29, 1.82) is 0 Å². The summed E-state index contributed by atoms with van der Waals surface area (Å²) in [7, 11) is -3.12. The molecule has 1 aliphatic heterocycles. The Morgan fingerprint density at radius 1 is 1.24 bits per heavy atom. The van der Waals surface area contributed by atoms with E-state index >= 15 is 0 Å². The molecule has 0 amide bonds. The molecule has 0 N–H and O–H groups in total. The summed E-state index contributed by atoms with van der Waals surface area (Å²) in [6.45, 7) is 5.19. The number of unbranched alkanes of at least 4 members (excludes halogenated alkanes) is 2. The number of rotatable bonds is 7. The highest BCUT2D eigenvalue weighted by Gasteiger charge is 2.31. The van der Waals surface area contributed by atoms with E-state index in [4.69, 9.17) is 4.74 Å². The van der Waals surface area contributed by atoms with E-state index in [2.05, 4.69) is 6.92 Å². The molecular formula is C12H25NO3S. The molecule has 17 heavy (non-hydrogen) atoms. The Morgan fingerprint density at radius 3 is 2.65 bits per heavy atom. The summed E-state index contributed by atoms with van der Waals surface area (Å²) in [5.74, 6) is 0.268. The lowest BCUT2D eigenvalue weighted by molar-refractivity contribution is -0.0330. The van der Waals surface area contributed by atoms with Gasteiger partial charge in [-0.25, -0.2) is 8.42 Å². The van der Waals surface area contributed by atoms with Crippen LogP contribution >= 0.6 is 0 Å². The Kier molecular flexibility index (Phi) is 6.44. The third-order valence-corrected chi connectivity index (χ3v) is 5.06. The third kappa shape index (κ3) is 4.56. The number of sulfonamides is 1. The van der Waals surface area contributed by atoms with Crippen molar-refractivity contribution >= 4 is 10.0 Å². The molecule has 1 fully saturated rings. The van der Waals surface area contributed by atoms with E-state index in [9.17, 15) is 8.42 Å². The van der Waals surface area contributed by atoms with Crippen molar-refractivity contribution < 1.29 is 13.2 Å². The Hall–Kier alpha value is -0.130. The van der Waals surface area contributed by atoms with Gasteiger partial charge in [0, 0.05) is 13.2 Å². The third-order valence-electron chi connectivity index (χ3n) is 3.12. The van der Waals surface area contributed by atoms with Gasteiger partial charge in [0.05, 0.1) is 5.75 Å². The summed E-state index contributed by atoms with van der Waals surface area (Å²) >= 11 is 0. The van der Waals surface area contributed by atoms with Crippen LogP contribution in [0.1, 0.15) is 52.4 Å². The fourth-order valence-corrected chi connectivity index (χ4v) is 3.94. The second kappa shape index (κ2) is 7.34. The van der Waals surface area contributed by atoms with Crippen molar-refractivity contribution in [3.8, 4) is 0 Å². The van der Waals surface area contributed by atoms with Crippen LogP contribution in [0.5, 0.6) is 0 Å². The summed E-state index contributed by atoms with van der Waals surface area (Å²) in [6, 6.07) is 0. The maximum Gasteiger partial charge on any atom is 0.216 e. The molecule has 102 valence electrons. The van der Waals surface area contributed by atoms with Crippen LogP contribution in [0.25, 0.3) is 0 Å². The molecule has 0 aromatic heterocycles. The molecule has 1 unspecified atom stereocenters. The van der Waals surface area contributed by atoms with E-state index in [1.165, 1.54) is 0 Å². The zero-order chi connectivity index (χ0) is 12.7. The van der Waals surface area contributed by atoms with Crippen molar-refractivity contribution in [2.24, 2.45) is 0 Å². The fourth-order valence-electron chi connectivity index (χ4n) is 2.20. The minimum absolute atomic E-state index is 0.222. The van der Waals surface area contributed by atoms with E-state index in [1.54, 1.807) is 4.31 Å². The Bertz CT molecular complexity index is 301. The van der Waals surface area contributed by atoms with Crippen LogP contribution in [-0.2, 0) is 14.8 Å². The molecule has 1 atom stereocenters. The van der Waals surface area contributed by atoms with Crippen LogP contribution in [0.4, 0.5) is 0 Å². The number of ether oxygens (including phenoxy) is 1. The molecule has 1 rings (SSSR count). The second-order valence-electron chi connectivity index (χ2n) is 4.54. The first-order valence-electron chi connectivity index (χ1n) is 6.73. The average Bonchev–Trinajstić information content (AvgIpc) is 2.30. The van der Waals surface area contributed by atoms with Gasteiger partial charge in [-0.3, -0.25) is 0 Å². The van der Waals surface area contributed by atoms with Crippen LogP contribution in [0.15, 0.2) is 0 Å². The van der Waals surface area contributed by atoms with E-state index < -0.39 is 10.0 Å². The van der Waals surface area contributed by atoms with Gasteiger partial charge in [-0.1, -0.05) is 19.8 Å². The SMILES string of the molecule is CCCCCS(=O)(=O)N1CCCCC1OCC. The number of hydrogen-bond donors (Lipinski definition) is 0. The molecule has 4 nitrogen and oxygen atoms in total. The standard InChI is InChI=1S/C12H25NO3S/c1-3-5-8-11-17(14,15)13-10-7-6-9-12(13)16-4-2/h12H,3-11H2,1-2H3. The summed E-state index contributed by atoms with van der Waals surface area (Å²) in [6.07, 6.45) is 5.41. The molecule has 0 bridgehead atoms. The molecule has 1 aliphatic rings. The first kappa shape index (κ1) is 14.9. The van der Waals surface area contributed by atoms with Crippen LogP contribution < -0.4 is 0 Å². The lowest BCUT2D eigenvalue weighted by Gasteiger charge is -2.34. The van der Waals surface area contributed by atoms with Crippen molar-refractivity contribution in [2.75, 3.05) is 18.9 Å². The largest absolute Gasteiger partial charge is 0.362 e. The van der Waals surface area contributed by atoms with Gasteiger partial charge in [0.1, 0.15) is 6.23 Å². The normalized spacial score (nSPS) is 22.8. The van der Waals surface area contributed by atoms with Crippen LogP contribution in [-0.4, -0.2) is 37.9 Å². The molecule has 0 aromatic carbocycles. The lowest BCUT2D eigenvalue weighted by atomic mass is 10.1. The smallest absolute Gasteiger partial charge is 0.216 e. The minimum atomic E-state index is -3.12. The molecule has 5 heteroatoms. The molecular weight excluding hydrogens is 238 g/mol. The molecule has 0 aliphatic carbocycles. The number of nitrogens with zero attached hydrogens (tertiary/aromatic N) is 1. The predicted molar refractivity (Wildman–Crippen MR) is 69.3 cm³/mol. The van der Waals surface area contributed by atoms with Gasteiger partial charge < -0.3 is 4.74 Å². The highest BCUT2D eigenvalue weighted by Crippen LogP contribution is 2.22. The van der Waals surface area contributed by atoms with Crippen LogP contribution in [0, 0.1) is 0 Å². The van der Waals surface area contributed by atoms with Gasteiger partial charge >= 0.3 is 0 Å². The number of hydrogen-bond acceptors (Lipinski definition) is 3. The van der Waals surface area contributed by atoms with Gasteiger partial charge in [-0.2, -0.15) is 4.31 Å². The highest BCUT2D eigenvalue weighted by atomic mass is 32.2. The minimum Gasteiger partial charge on any atom is -0.362 e. The summed E-state index contributed by atoms with van der Waals surface area (Å²) < 4.78 is 31.5. The topological polar surface area (TPSA) is 46.6 Å². The molecule has 1 heterocycles. The van der Waals surface area contributed by atoms with Crippen molar-refractivity contribution in [2.45, 2.75) is 58.6 Å². The van der Waals surface area contributed by atoms with Crippen molar-refractivity contribution in [3.05, 3.63) is 0 Å². The summed E-state index contributed by atoms with van der Waals surface area (Å²) in [5.41, 5.74) is 0. The second-order valence-corrected chi connectivity index (χ2v) is 6.58. The first-order chi connectivity index (χ1) is 8.11. The highest BCUT2D eigenvalue weighted by molar-refractivity contribution is 7.89. The van der Waals surface area contributed by atoms with E-state index in [-0.39, 0.29) is 12.0 Å². The first-order valence-corrected chi connectivity index (χ1v) is 8.34. The zero-order valence-electron chi connectivity index (χ0n) is 11.0. The quantitative estimate of drug-likeness (QED) is 0.662. The van der Waals surface area contributed by atoms with E-state index in [0.717, 1.165) is 38.5 Å².